The van der Waals surface area contributed by atoms with E-state index >= 15 is 0 Å². The molecule has 110 valence electrons. The third-order valence-electron chi connectivity index (χ3n) is 5.11. The molecule has 2 aliphatic rings. The molecule has 1 amide bonds. The molecule has 3 nitrogen and oxygen atoms in total. The van der Waals surface area contributed by atoms with Gasteiger partial charge in [0.1, 0.15) is 0 Å². The minimum absolute atomic E-state index is 0.168. The van der Waals surface area contributed by atoms with Gasteiger partial charge in [-0.2, -0.15) is 0 Å². The summed E-state index contributed by atoms with van der Waals surface area (Å²) in [5, 5.41) is 3.21. The maximum absolute atomic E-state index is 12.2. The Morgan fingerprint density at radius 3 is 2.32 bits per heavy atom. The number of carbonyl (C=O) groups excluding carboxylic acids is 1. The van der Waals surface area contributed by atoms with E-state index in [9.17, 15) is 4.79 Å². The Kier molecular flexibility index (Phi) is 5.26. The summed E-state index contributed by atoms with van der Waals surface area (Å²) in [6.45, 7) is 2.17. The van der Waals surface area contributed by atoms with Gasteiger partial charge in [-0.3, -0.25) is 4.79 Å². The Bertz CT molecular complexity index is 289. The average molecular weight is 266 g/mol. The summed E-state index contributed by atoms with van der Waals surface area (Å²) in [5.74, 6) is 0.838. The second kappa shape index (κ2) is 6.74. The number of amides is 1. The zero-order valence-electron chi connectivity index (χ0n) is 12.4. The fourth-order valence-electron chi connectivity index (χ4n) is 3.81. The predicted octanol–water partition coefficient (Wildman–Crippen LogP) is 3.12. The van der Waals surface area contributed by atoms with Crippen molar-refractivity contribution in [2.24, 2.45) is 11.7 Å². The fraction of sp³-hybridized carbons (Fsp3) is 0.938. The van der Waals surface area contributed by atoms with Crippen LogP contribution in [0.1, 0.15) is 77.6 Å². The van der Waals surface area contributed by atoms with Gasteiger partial charge >= 0.3 is 0 Å². The van der Waals surface area contributed by atoms with Crippen LogP contribution in [-0.4, -0.2) is 17.5 Å². The minimum atomic E-state index is -0.215. The smallest absolute Gasteiger partial charge is 0.222 e. The Morgan fingerprint density at radius 1 is 1.16 bits per heavy atom. The molecule has 0 heterocycles. The van der Waals surface area contributed by atoms with E-state index in [1.807, 2.05) is 0 Å². The molecule has 3 heteroatoms. The van der Waals surface area contributed by atoms with E-state index in [2.05, 4.69) is 12.2 Å². The molecule has 0 spiro atoms. The van der Waals surface area contributed by atoms with Crippen LogP contribution >= 0.6 is 0 Å². The quantitative estimate of drug-likeness (QED) is 0.768. The monoisotopic (exact) mass is 266 g/mol. The summed E-state index contributed by atoms with van der Waals surface area (Å²) in [6.07, 6.45) is 12.8. The highest BCUT2D eigenvalue weighted by Crippen LogP contribution is 2.30. The largest absolute Gasteiger partial charge is 0.353 e. The van der Waals surface area contributed by atoms with Gasteiger partial charge in [0.05, 0.1) is 0 Å². The summed E-state index contributed by atoms with van der Waals surface area (Å²) < 4.78 is 0. The zero-order valence-corrected chi connectivity index (χ0v) is 12.4. The normalized spacial score (nSPS) is 25.8. The lowest BCUT2D eigenvalue weighted by atomic mass is 9.91. The van der Waals surface area contributed by atoms with Crippen LogP contribution in [0.5, 0.6) is 0 Å². The van der Waals surface area contributed by atoms with Crippen molar-refractivity contribution in [2.75, 3.05) is 0 Å². The van der Waals surface area contributed by atoms with Crippen LogP contribution in [0.25, 0.3) is 0 Å². The lowest BCUT2D eigenvalue weighted by molar-refractivity contribution is -0.123. The lowest BCUT2D eigenvalue weighted by Gasteiger charge is -2.27. The first-order chi connectivity index (χ1) is 9.09. The Balaban J connectivity index is 1.77. The van der Waals surface area contributed by atoms with Crippen molar-refractivity contribution >= 4 is 5.91 Å². The molecule has 2 saturated carbocycles. The van der Waals surface area contributed by atoms with Crippen LogP contribution in [0.15, 0.2) is 0 Å². The van der Waals surface area contributed by atoms with Gasteiger partial charge in [0.15, 0.2) is 0 Å². The number of hydrogen-bond donors (Lipinski definition) is 2. The van der Waals surface area contributed by atoms with E-state index < -0.39 is 0 Å². The Hall–Kier alpha value is -0.570. The van der Waals surface area contributed by atoms with Gasteiger partial charge in [-0.1, -0.05) is 38.5 Å². The van der Waals surface area contributed by atoms with Crippen LogP contribution in [0.3, 0.4) is 0 Å². The molecule has 0 unspecified atom stereocenters. The number of nitrogens with two attached hydrogens (primary N) is 1. The second-order valence-corrected chi connectivity index (χ2v) is 6.85. The molecule has 0 aromatic carbocycles. The first kappa shape index (κ1) is 14.8. The molecule has 0 aliphatic heterocycles. The summed E-state index contributed by atoms with van der Waals surface area (Å²) in [7, 11) is 0. The van der Waals surface area contributed by atoms with Gasteiger partial charge in [0.25, 0.3) is 0 Å². The maximum Gasteiger partial charge on any atom is 0.222 e. The molecule has 2 rings (SSSR count). The van der Waals surface area contributed by atoms with Crippen LogP contribution in [0.2, 0.25) is 0 Å². The summed E-state index contributed by atoms with van der Waals surface area (Å²) in [4.78, 5) is 12.2. The van der Waals surface area contributed by atoms with E-state index in [-0.39, 0.29) is 11.4 Å². The maximum atomic E-state index is 12.2. The molecule has 1 atom stereocenters. The number of nitrogens with one attached hydrogen (secondary N) is 1. The molecule has 0 saturated heterocycles. The fourth-order valence-corrected chi connectivity index (χ4v) is 3.81. The molecule has 0 aromatic rings. The van der Waals surface area contributed by atoms with Crippen LogP contribution < -0.4 is 11.1 Å². The van der Waals surface area contributed by atoms with Crippen molar-refractivity contribution < 1.29 is 4.79 Å². The average Bonchev–Trinajstić information content (AvgIpc) is 2.64. The van der Waals surface area contributed by atoms with E-state index in [1.54, 1.807) is 0 Å². The Morgan fingerprint density at radius 2 is 1.74 bits per heavy atom. The van der Waals surface area contributed by atoms with Crippen molar-refractivity contribution in [3.8, 4) is 0 Å². The van der Waals surface area contributed by atoms with E-state index in [0.29, 0.717) is 18.4 Å². The standard InChI is InChI=1S/C16H30N2O/c1-13(14-8-4-2-3-5-9-14)18-15(19)12-16(17)10-6-7-11-16/h13-14H,2-12,17H2,1H3,(H,18,19)/t13-/m0/s1. The summed E-state index contributed by atoms with van der Waals surface area (Å²) in [5.41, 5.74) is 6.06. The van der Waals surface area contributed by atoms with Crippen LogP contribution in [-0.2, 0) is 4.79 Å². The van der Waals surface area contributed by atoms with E-state index in [0.717, 1.165) is 12.8 Å². The van der Waals surface area contributed by atoms with Crippen molar-refractivity contribution in [1.82, 2.24) is 5.32 Å². The number of hydrogen-bond acceptors (Lipinski definition) is 2. The first-order valence-corrected chi connectivity index (χ1v) is 8.17. The third-order valence-corrected chi connectivity index (χ3v) is 5.11. The van der Waals surface area contributed by atoms with E-state index in [1.165, 1.54) is 51.4 Å². The topological polar surface area (TPSA) is 55.1 Å². The Labute approximate surface area is 117 Å². The number of carbonyl (C=O) groups is 1. The van der Waals surface area contributed by atoms with Crippen LogP contribution in [0.4, 0.5) is 0 Å². The van der Waals surface area contributed by atoms with Gasteiger partial charge in [0.2, 0.25) is 5.91 Å². The molecular weight excluding hydrogens is 236 g/mol. The van der Waals surface area contributed by atoms with Gasteiger partial charge < -0.3 is 11.1 Å². The lowest BCUT2D eigenvalue weighted by Crippen LogP contribution is -2.45. The predicted molar refractivity (Wildman–Crippen MR) is 78.8 cm³/mol. The molecule has 0 radical (unpaired) electrons. The van der Waals surface area contributed by atoms with Crippen molar-refractivity contribution in [3.05, 3.63) is 0 Å². The van der Waals surface area contributed by atoms with Crippen molar-refractivity contribution in [1.29, 1.82) is 0 Å². The van der Waals surface area contributed by atoms with Gasteiger partial charge in [-0.15, -0.1) is 0 Å². The molecular formula is C16H30N2O. The van der Waals surface area contributed by atoms with Gasteiger partial charge in [-0.25, -0.2) is 0 Å². The second-order valence-electron chi connectivity index (χ2n) is 6.85. The highest BCUT2D eigenvalue weighted by atomic mass is 16.1. The molecule has 0 aromatic heterocycles. The van der Waals surface area contributed by atoms with Gasteiger partial charge in [-0.05, 0) is 38.5 Å². The van der Waals surface area contributed by atoms with Crippen molar-refractivity contribution in [3.63, 3.8) is 0 Å². The molecule has 3 N–H and O–H groups in total. The van der Waals surface area contributed by atoms with Crippen LogP contribution in [0, 0.1) is 5.92 Å². The molecule has 19 heavy (non-hydrogen) atoms. The van der Waals surface area contributed by atoms with Crippen molar-refractivity contribution in [2.45, 2.75) is 89.1 Å². The highest BCUT2D eigenvalue weighted by molar-refractivity contribution is 5.77. The number of rotatable bonds is 4. The minimum Gasteiger partial charge on any atom is -0.353 e. The van der Waals surface area contributed by atoms with Gasteiger partial charge in [0, 0.05) is 18.0 Å². The first-order valence-electron chi connectivity index (χ1n) is 8.17. The molecule has 2 aliphatic carbocycles. The SMILES string of the molecule is C[C@H](NC(=O)CC1(N)CCCC1)C1CCCCCC1. The third kappa shape index (κ3) is 4.48. The molecule has 2 fully saturated rings. The van der Waals surface area contributed by atoms with E-state index in [4.69, 9.17) is 5.73 Å². The summed E-state index contributed by atoms with van der Waals surface area (Å²) >= 11 is 0. The highest BCUT2D eigenvalue weighted by Gasteiger charge is 2.32. The zero-order chi connectivity index (χ0) is 13.7. The molecule has 0 bridgehead atoms. The summed E-state index contributed by atoms with van der Waals surface area (Å²) in [6, 6.07) is 0.315.